The van der Waals surface area contributed by atoms with Crippen molar-refractivity contribution >= 4 is 22.9 Å². The molecule has 0 unspecified atom stereocenters. The number of hydrogen-bond acceptors (Lipinski definition) is 7. The molecule has 0 fully saturated rings. The van der Waals surface area contributed by atoms with E-state index in [-0.39, 0.29) is 35.3 Å². The van der Waals surface area contributed by atoms with Crippen molar-refractivity contribution in [3.8, 4) is 23.5 Å². The highest BCUT2D eigenvalue weighted by Gasteiger charge is 2.45. The summed E-state index contributed by atoms with van der Waals surface area (Å²) in [7, 11) is 0. The van der Waals surface area contributed by atoms with Gasteiger partial charge < -0.3 is 14.4 Å². The average molecular weight is 424 g/mol. The van der Waals surface area contributed by atoms with Gasteiger partial charge in [0.1, 0.15) is 24.3 Å². The van der Waals surface area contributed by atoms with Gasteiger partial charge in [-0.1, -0.05) is 25.1 Å². The van der Waals surface area contributed by atoms with Crippen molar-refractivity contribution < 1.29 is 14.6 Å². The number of allylic oxidation sites excluding steroid dienone is 1. The van der Waals surface area contributed by atoms with Gasteiger partial charge in [0.05, 0.1) is 29.0 Å². The van der Waals surface area contributed by atoms with Crippen LogP contribution in [0.15, 0.2) is 40.7 Å². The minimum Gasteiger partial charge on any atom is -0.458 e. The number of fused-ring (bicyclic) bond motifs is 5. The molecule has 156 valence electrons. The van der Waals surface area contributed by atoms with Crippen LogP contribution in [0.1, 0.15) is 35.6 Å². The Kier molecular flexibility index (Phi) is 4.23. The lowest BCUT2D eigenvalue weighted by atomic mass is 9.86. The molecular formula is C24H16N4O4. The summed E-state index contributed by atoms with van der Waals surface area (Å²) in [6.07, 6.45) is 1.54. The van der Waals surface area contributed by atoms with Crippen LogP contribution in [0.2, 0.25) is 0 Å². The summed E-state index contributed by atoms with van der Waals surface area (Å²) in [5, 5.41) is 30.0. The summed E-state index contributed by atoms with van der Waals surface area (Å²) in [6.45, 7) is 1.78. The quantitative estimate of drug-likeness (QED) is 0.387. The van der Waals surface area contributed by atoms with E-state index in [2.05, 4.69) is 0 Å². The van der Waals surface area contributed by atoms with Crippen molar-refractivity contribution in [2.24, 2.45) is 0 Å². The molecule has 0 saturated carbocycles. The fraction of sp³-hybridized carbons (Fsp3) is 0.208. The van der Waals surface area contributed by atoms with E-state index < -0.39 is 11.6 Å². The number of carbonyl (C=O) groups is 1. The number of rotatable bonds is 2. The Morgan fingerprint density at radius 3 is 2.81 bits per heavy atom. The predicted molar refractivity (Wildman–Crippen MR) is 114 cm³/mol. The third-order valence-corrected chi connectivity index (χ3v) is 6.11. The van der Waals surface area contributed by atoms with Crippen LogP contribution < -0.4 is 5.56 Å². The fourth-order valence-corrected chi connectivity index (χ4v) is 4.39. The molecule has 32 heavy (non-hydrogen) atoms. The molecule has 1 aromatic carbocycles. The highest BCUT2D eigenvalue weighted by molar-refractivity contribution is 5.92. The monoisotopic (exact) mass is 424 g/mol. The lowest BCUT2D eigenvalue weighted by Gasteiger charge is -2.31. The highest BCUT2D eigenvalue weighted by Crippen LogP contribution is 2.39. The minimum absolute atomic E-state index is 0.0444. The van der Waals surface area contributed by atoms with E-state index in [4.69, 9.17) is 20.2 Å². The summed E-state index contributed by atoms with van der Waals surface area (Å²) >= 11 is 0. The first-order chi connectivity index (χ1) is 15.4. The number of para-hydroxylation sites is 1. The Morgan fingerprint density at radius 2 is 2.09 bits per heavy atom. The fourth-order valence-electron chi connectivity index (χ4n) is 4.39. The molecule has 0 spiro atoms. The van der Waals surface area contributed by atoms with E-state index in [0.717, 1.165) is 10.9 Å². The van der Waals surface area contributed by atoms with Gasteiger partial charge in [0.15, 0.2) is 5.60 Å². The van der Waals surface area contributed by atoms with Crippen LogP contribution in [0.5, 0.6) is 0 Å². The van der Waals surface area contributed by atoms with Crippen LogP contribution in [0.25, 0.3) is 28.4 Å². The van der Waals surface area contributed by atoms with Gasteiger partial charge in [-0.2, -0.15) is 10.5 Å². The number of pyridine rings is 2. The molecule has 3 aromatic rings. The lowest BCUT2D eigenvalue weighted by molar-refractivity contribution is -0.172. The minimum atomic E-state index is -1.88. The normalized spacial score (nSPS) is 18.1. The number of carbonyl (C=O) groups excluding carboxylic acids is 1. The van der Waals surface area contributed by atoms with Gasteiger partial charge in [0, 0.05) is 22.1 Å². The first kappa shape index (κ1) is 19.7. The van der Waals surface area contributed by atoms with Crippen molar-refractivity contribution in [2.75, 3.05) is 0 Å². The lowest BCUT2D eigenvalue weighted by Crippen LogP contribution is -2.44. The van der Waals surface area contributed by atoms with Crippen LogP contribution in [0, 0.1) is 22.7 Å². The molecular weight excluding hydrogens is 408 g/mol. The summed E-state index contributed by atoms with van der Waals surface area (Å²) in [5.74, 6) is -0.769. The summed E-state index contributed by atoms with van der Waals surface area (Å²) in [5.41, 5.74) is 1.35. The van der Waals surface area contributed by atoms with Crippen LogP contribution >= 0.6 is 0 Å². The van der Waals surface area contributed by atoms with Crippen molar-refractivity contribution in [3.05, 3.63) is 68.5 Å². The van der Waals surface area contributed by atoms with E-state index in [1.165, 1.54) is 6.08 Å². The largest absolute Gasteiger partial charge is 0.458 e. The van der Waals surface area contributed by atoms with Crippen molar-refractivity contribution in [1.29, 1.82) is 10.5 Å². The number of esters is 1. The Hall–Kier alpha value is -4.27. The third kappa shape index (κ3) is 2.60. The number of aliphatic hydroxyl groups is 1. The summed E-state index contributed by atoms with van der Waals surface area (Å²) in [6, 6.07) is 12.7. The van der Waals surface area contributed by atoms with Gasteiger partial charge in [0.2, 0.25) is 0 Å². The van der Waals surface area contributed by atoms with Gasteiger partial charge in [-0.3, -0.25) is 4.79 Å². The van der Waals surface area contributed by atoms with Crippen LogP contribution in [-0.2, 0) is 28.3 Å². The number of benzene rings is 1. The maximum Gasteiger partial charge on any atom is 0.343 e. The molecule has 0 radical (unpaired) electrons. The number of cyclic esters (lactones) is 1. The first-order valence-electron chi connectivity index (χ1n) is 10.0. The van der Waals surface area contributed by atoms with E-state index in [1.54, 1.807) is 23.6 Å². The Balaban J connectivity index is 1.78. The zero-order chi connectivity index (χ0) is 22.6. The number of ether oxygens (including phenoxy) is 1. The topological polar surface area (TPSA) is 129 Å². The Labute approximate surface area is 182 Å². The molecule has 5 rings (SSSR count). The zero-order valence-electron chi connectivity index (χ0n) is 17.0. The Morgan fingerprint density at radius 1 is 1.31 bits per heavy atom. The number of nitrogens with zero attached hydrogens (tertiary/aromatic N) is 4. The van der Waals surface area contributed by atoms with Gasteiger partial charge in [-0.05, 0) is 24.6 Å². The second-order valence-corrected chi connectivity index (χ2v) is 7.80. The molecule has 1 atom stereocenters. The van der Waals surface area contributed by atoms with E-state index in [9.17, 15) is 14.7 Å². The Bertz CT molecular complexity index is 1500. The van der Waals surface area contributed by atoms with Crippen LogP contribution in [-0.4, -0.2) is 20.6 Å². The second-order valence-electron chi connectivity index (χ2n) is 7.80. The van der Waals surface area contributed by atoms with Gasteiger partial charge in [0.25, 0.3) is 5.56 Å². The highest BCUT2D eigenvalue weighted by atomic mass is 16.6. The molecule has 0 amide bonds. The zero-order valence-corrected chi connectivity index (χ0v) is 17.0. The van der Waals surface area contributed by atoms with Crippen molar-refractivity contribution in [3.63, 3.8) is 0 Å². The number of aromatic nitrogens is 2. The summed E-state index contributed by atoms with van der Waals surface area (Å²) < 4.78 is 6.65. The van der Waals surface area contributed by atoms with Crippen molar-refractivity contribution in [2.45, 2.75) is 32.1 Å². The SMILES string of the molecule is CC[C@@]1(O)C(=O)OCc2c1cc1n(c2=O)Cc2cc3cccc(C=C(C#N)C#N)c3nc2-1. The first-order valence-corrected chi connectivity index (χ1v) is 10.0. The van der Waals surface area contributed by atoms with E-state index >= 15 is 0 Å². The van der Waals surface area contributed by atoms with Gasteiger partial charge >= 0.3 is 5.97 Å². The molecule has 2 aliphatic heterocycles. The maximum absolute atomic E-state index is 13.2. The molecule has 8 heteroatoms. The predicted octanol–water partition coefficient (Wildman–Crippen LogP) is 2.51. The molecule has 0 saturated heterocycles. The molecule has 1 N–H and O–H groups in total. The van der Waals surface area contributed by atoms with Crippen LogP contribution in [0.4, 0.5) is 0 Å². The molecule has 4 heterocycles. The second kappa shape index (κ2) is 6.88. The maximum atomic E-state index is 13.2. The van der Waals surface area contributed by atoms with Crippen molar-refractivity contribution in [1.82, 2.24) is 9.55 Å². The van der Waals surface area contributed by atoms with E-state index in [1.807, 2.05) is 30.3 Å². The van der Waals surface area contributed by atoms with Gasteiger partial charge in [-0.15, -0.1) is 0 Å². The summed E-state index contributed by atoms with van der Waals surface area (Å²) in [4.78, 5) is 30.3. The number of nitriles is 2. The smallest absolute Gasteiger partial charge is 0.343 e. The molecule has 2 aromatic heterocycles. The number of hydrogen-bond donors (Lipinski definition) is 1. The van der Waals surface area contributed by atoms with Gasteiger partial charge in [-0.25, -0.2) is 9.78 Å². The van der Waals surface area contributed by atoms with E-state index in [0.29, 0.717) is 29.0 Å². The molecule has 0 aliphatic carbocycles. The average Bonchev–Trinajstić information content (AvgIpc) is 3.17. The molecule has 0 bridgehead atoms. The molecule has 2 aliphatic rings. The third-order valence-electron chi connectivity index (χ3n) is 6.11. The molecule has 8 nitrogen and oxygen atoms in total. The van der Waals surface area contributed by atoms with Crippen LogP contribution in [0.3, 0.4) is 0 Å². The standard InChI is InChI=1S/C24H16N4O4/c1-2-24(31)18-8-19-21-16(11-28(19)22(29)17(18)12-32-23(24)30)7-15-5-3-4-14(20(15)27-21)6-13(9-25)10-26/h3-8,31H,2,11-12H2,1H3/t24-/m0/s1.